The molecule has 0 saturated carbocycles. The number of aromatic nitrogens is 2. The fraction of sp³-hybridized carbons (Fsp3) is 0.150. The van der Waals surface area contributed by atoms with Crippen LogP contribution in [0.2, 0.25) is 0 Å². The number of carbonyl (C=O) groups is 1. The zero-order chi connectivity index (χ0) is 17.5. The van der Waals surface area contributed by atoms with E-state index >= 15 is 0 Å². The van der Waals surface area contributed by atoms with Crippen molar-refractivity contribution in [1.29, 1.82) is 0 Å². The van der Waals surface area contributed by atoms with E-state index in [2.05, 4.69) is 34.6 Å². The van der Waals surface area contributed by atoms with Crippen molar-refractivity contribution < 1.29 is 9.21 Å². The average Bonchev–Trinajstić information content (AvgIpc) is 3.08. The quantitative estimate of drug-likeness (QED) is 0.695. The van der Waals surface area contributed by atoms with E-state index in [9.17, 15) is 4.79 Å². The molecule has 0 unspecified atom stereocenters. The third-order valence-electron chi connectivity index (χ3n) is 3.71. The number of amides is 1. The van der Waals surface area contributed by atoms with Crippen molar-refractivity contribution in [2.75, 3.05) is 5.32 Å². The highest BCUT2D eigenvalue weighted by molar-refractivity contribution is 6.00. The van der Waals surface area contributed by atoms with Crippen LogP contribution < -0.4 is 5.32 Å². The Morgan fingerprint density at radius 3 is 2.48 bits per heavy atom. The van der Waals surface area contributed by atoms with E-state index in [1.54, 1.807) is 6.08 Å². The molecule has 0 atom stereocenters. The van der Waals surface area contributed by atoms with Crippen LogP contribution in [0.4, 0.5) is 6.01 Å². The van der Waals surface area contributed by atoms with E-state index < -0.39 is 0 Å². The number of aryl methyl sites for hydroxylation is 1. The van der Waals surface area contributed by atoms with Crippen LogP contribution in [0.5, 0.6) is 0 Å². The third-order valence-corrected chi connectivity index (χ3v) is 3.71. The predicted octanol–water partition coefficient (Wildman–Crippen LogP) is 3.87. The summed E-state index contributed by atoms with van der Waals surface area (Å²) in [6.07, 6.45) is 4.70. The summed E-state index contributed by atoms with van der Waals surface area (Å²) in [5.41, 5.74) is 3.31. The first-order valence-corrected chi connectivity index (χ1v) is 8.17. The second-order valence-corrected chi connectivity index (χ2v) is 5.58. The molecule has 1 N–H and O–H groups in total. The van der Waals surface area contributed by atoms with Crippen LogP contribution >= 0.6 is 0 Å². The van der Waals surface area contributed by atoms with Gasteiger partial charge in [-0.3, -0.25) is 10.1 Å². The normalized spacial score (nSPS) is 10.9. The van der Waals surface area contributed by atoms with Crippen molar-refractivity contribution in [3.8, 4) is 0 Å². The third kappa shape index (κ3) is 4.88. The summed E-state index contributed by atoms with van der Waals surface area (Å²) in [5.74, 6) is 0.151. The molecule has 0 aliphatic carbocycles. The van der Waals surface area contributed by atoms with Gasteiger partial charge in [-0.05, 0) is 29.2 Å². The number of anilines is 1. The van der Waals surface area contributed by atoms with Gasteiger partial charge in [-0.2, -0.15) is 0 Å². The van der Waals surface area contributed by atoms with E-state index in [0.717, 1.165) is 17.5 Å². The number of benzene rings is 2. The summed E-state index contributed by atoms with van der Waals surface area (Å²) >= 11 is 0. The molecule has 0 fully saturated rings. The topological polar surface area (TPSA) is 68.0 Å². The molecule has 0 aliphatic heterocycles. The van der Waals surface area contributed by atoms with Gasteiger partial charge >= 0.3 is 6.01 Å². The van der Waals surface area contributed by atoms with Crippen LogP contribution in [0, 0.1) is 0 Å². The van der Waals surface area contributed by atoms with Crippen LogP contribution in [0.25, 0.3) is 6.08 Å². The number of nitrogens with one attached hydrogen (secondary N) is 1. The summed E-state index contributed by atoms with van der Waals surface area (Å²) in [4.78, 5) is 11.9. The highest BCUT2D eigenvalue weighted by atomic mass is 16.4. The Kier molecular flexibility index (Phi) is 5.36. The van der Waals surface area contributed by atoms with Gasteiger partial charge in [0.25, 0.3) is 5.91 Å². The van der Waals surface area contributed by atoms with Gasteiger partial charge in [0.1, 0.15) is 0 Å². The number of rotatable bonds is 6. The maximum absolute atomic E-state index is 11.9. The number of hydrogen-bond acceptors (Lipinski definition) is 4. The molecular formula is C20H19N3O2. The molecule has 0 aliphatic rings. The molecule has 0 saturated heterocycles. The smallest absolute Gasteiger partial charge is 0.322 e. The first-order chi connectivity index (χ1) is 12.2. The van der Waals surface area contributed by atoms with Gasteiger partial charge in [0.05, 0.1) is 6.42 Å². The number of hydrogen-bond donors (Lipinski definition) is 1. The van der Waals surface area contributed by atoms with Crippen LogP contribution in [-0.4, -0.2) is 16.1 Å². The first-order valence-electron chi connectivity index (χ1n) is 8.17. The van der Waals surface area contributed by atoms with Gasteiger partial charge in [0.2, 0.25) is 5.89 Å². The van der Waals surface area contributed by atoms with Crippen molar-refractivity contribution in [1.82, 2.24) is 10.2 Å². The molecule has 1 heterocycles. The standard InChI is InChI=1S/C20H19N3O2/c1-2-15-8-10-17(11-9-15)14-19-22-23-20(25-19)21-18(24)13-12-16-6-4-3-5-7-16/h3-13H,2,14H2,1H3,(H,21,23,24). The van der Waals surface area contributed by atoms with Crippen molar-refractivity contribution in [2.45, 2.75) is 19.8 Å². The molecule has 25 heavy (non-hydrogen) atoms. The van der Waals surface area contributed by atoms with E-state index in [4.69, 9.17) is 4.42 Å². The van der Waals surface area contributed by atoms with Crippen LogP contribution in [0.3, 0.4) is 0 Å². The van der Waals surface area contributed by atoms with E-state index in [1.807, 2.05) is 42.5 Å². The molecule has 3 aromatic rings. The highest BCUT2D eigenvalue weighted by Gasteiger charge is 2.08. The molecule has 5 heteroatoms. The maximum Gasteiger partial charge on any atom is 0.322 e. The zero-order valence-electron chi connectivity index (χ0n) is 14.0. The van der Waals surface area contributed by atoms with E-state index in [-0.39, 0.29) is 11.9 Å². The Labute approximate surface area is 146 Å². The summed E-state index contributed by atoms with van der Waals surface area (Å²) in [7, 11) is 0. The Balaban J connectivity index is 1.57. The molecule has 2 aromatic carbocycles. The minimum absolute atomic E-state index is 0.0999. The van der Waals surface area contributed by atoms with Crippen molar-refractivity contribution >= 4 is 18.0 Å². The van der Waals surface area contributed by atoms with E-state index in [1.165, 1.54) is 11.6 Å². The highest BCUT2D eigenvalue weighted by Crippen LogP contribution is 2.13. The SMILES string of the molecule is CCc1ccc(Cc2nnc(NC(=O)C=Cc3ccccc3)o2)cc1. The molecule has 3 rings (SSSR count). The maximum atomic E-state index is 11.9. The average molecular weight is 333 g/mol. The van der Waals surface area contributed by atoms with Gasteiger partial charge in [0.15, 0.2) is 0 Å². The molecule has 0 bridgehead atoms. The second kappa shape index (κ2) is 8.06. The molecule has 1 aromatic heterocycles. The molecule has 0 radical (unpaired) electrons. The van der Waals surface area contributed by atoms with Gasteiger partial charge in [-0.1, -0.05) is 66.6 Å². The number of carbonyl (C=O) groups excluding carboxylic acids is 1. The summed E-state index contributed by atoms with van der Waals surface area (Å²) in [5, 5.41) is 10.4. The lowest BCUT2D eigenvalue weighted by molar-refractivity contribution is -0.112. The zero-order valence-corrected chi connectivity index (χ0v) is 14.0. The van der Waals surface area contributed by atoms with Crippen molar-refractivity contribution in [3.05, 3.63) is 83.3 Å². The molecule has 1 amide bonds. The van der Waals surface area contributed by atoms with Crippen LogP contribution in [0.15, 0.2) is 65.1 Å². The summed E-state index contributed by atoms with van der Waals surface area (Å²) < 4.78 is 5.48. The lowest BCUT2D eigenvalue weighted by Crippen LogP contribution is -2.07. The molecular weight excluding hydrogens is 314 g/mol. The Hall–Kier alpha value is -3.21. The Morgan fingerprint density at radius 2 is 1.76 bits per heavy atom. The fourth-order valence-corrected chi connectivity index (χ4v) is 2.33. The minimum atomic E-state index is -0.314. The van der Waals surface area contributed by atoms with Crippen LogP contribution in [0.1, 0.15) is 29.5 Å². The van der Waals surface area contributed by atoms with Crippen molar-refractivity contribution in [3.63, 3.8) is 0 Å². The summed E-state index contributed by atoms with van der Waals surface area (Å²) in [6, 6.07) is 17.9. The van der Waals surface area contributed by atoms with E-state index in [0.29, 0.717) is 12.3 Å². The van der Waals surface area contributed by atoms with Gasteiger partial charge in [-0.15, -0.1) is 5.10 Å². The molecule has 5 nitrogen and oxygen atoms in total. The van der Waals surface area contributed by atoms with Crippen molar-refractivity contribution in [2.24, 2.45) is 0 Å². The minimum Gasteiger partial charge on any atom is -0.407 e. The van der Waals surface area contributed by atoms with Crippen LogP contribution in [-0.2, 0) is 17.6 Å². The summed E-state index contributed by atoms with van der Waals surface area (Å²) in [6.45, 7) is 2.12. The van der Waals surface area contributed by atoms with Gasteiger partial charge in [0, 0.05) is 6.08 Å². The largest absolute Gasteiger partial charge is 0.407 e. The first kappa shape index (κ1) is 16.6. The lowest BCUT2D eigenvalue weighted by Gasteiger charge is -1.99. The monoisotopic (exact) mass is 333 g/mol. The van der Waals surface area contributed by atoms with Gasteiger partial charge < -0.3 is 4.42 Å². The predicted molar refractivity (Wildman–Crippen MR) is 97.0 cm³/mol. The number of nitrogens with zero attached hydrogens (tertiary/aromatic N) is 2. The molecule has 0 spiro atoms. The van der Waals surface area contributed by atoms with Gasteiger partial charge in [-0.25, -0.2) is 0 Å². The fourth-order valence-electron chi connectivity index (χ4n) is 2.33. The molecule has 126 valence electrons. The lowest BCUT2D eigenvalue weighted by atomic mass is 10.1. The second-order valence-electron chi connectivity index (χ2n) is 5.58. The Bertz CT molecular complexity index is 852. The Morgan fingerprint density at radius 1 is 1.04 bits per heavy atom.